The highest BCUT2D eigenvalue weighted by Gasteiger charge is 2.35. The van der Waals surface area contributed by atoms with Crippen molar-refractivity contribution >= 4 is 183 Å². The van der Waals surface area contributed by atoms with Gasteiger partial charge in [0.05, 0.1) is 0 Å². The second kappa shape index (κ2) is 30.4. The third-order valence-corrected chi connectivity index (χ3v) is 27.7. The number of rotatable bonds is 36. The van der Waals surface area contributed by atoms with E-state index in [2.05, 4.69) is 128 Å². The molecule has 0 fully saturated rings. The Bertz CT molecular complexity index is 6820. The molecule has 0 aliphatic heterocycles. The van der Waals surface area contributed by atoms with E-state index in [1.165, 1.54) is 0 Å². The SMILES string of the molecule is CCCCCC(CCCCC)n1c(=O)c2ccc3c4ccc5c(=O)n(C(CCCCC)CCCCC)c(=O)c6cc7c8c(ccc9ccc%10c%11cc%12c(=O)n(C(CCCCC)CCCCC)c(=O)c%13ccc%14c%15ccc%16c(=O)n(C(CCCCC)CCCCC)c(=O)c%17cc(c%10c98)c(c%15c%16%17)c%11c%14c%13%12)c8cc(c1=O)c2c3c8c7c4c56. The molecule has 4 heterocycles. The van der Waals surface area contributed by atoms with Gasteiger partial charge in [-0.25, -0.2) is 0 Å². The monoisotopic (exact) mass is 1520 g/mol. The van der Waals surface area contributed by atoms with Gasteiger partial charge in [-0.2, -0.15) is 0 Å². The Morgan fingerprint density at radius 1 is 0.175 bits per heavy atom. The first-order valence-corrected chi connectivity index (χ1v) is 44.4. The van der Waals surface area contributed by atoms with E-state index < -0.39 is 0 Å². The lowest BCUT2D eigenvalue weighted by molar-refractivity contribution is 0.387. The number of hydrogen-bond donors (Lipinski definition) is 0. The summed E-state index contributed by atoms with van der Waals surface area (Å²) >= 11 is 0. The summed E-state index contributed by atoms with van der Waals surface area (Å²) in [5.74, 6) is 0. The van der Waals surface area contributed by atoms with Gasteiger partial charge in [-0.1, -0.05) is 258 Å². The maximum Gasteiger partial charge on any atom is 0.261 e. The molecule has 0 saturated heterocycles. The first-order chi connectivity index (χ1) is 55.7. The lowest BCUT2D eigenvalue weighted by Crippen LogP contribution is -2.37. The van der Waals surface area contributed by atoms with E-state index >= 15 is 38.4 Å². The summed E-state index contributed by atoms with van der Waals surface area (Å²) in [4.78, 5) is 129. The van der Waals surface area contributed by atoms with Crippen LogP contribution in [0.1, 0.15) is 285 Å². The van der Waals surface area contributed by atoms with Crippen molar-refractivity contribution in [2.75, 3.05) is 0 Å². The Balaban J connectivity index is 1.08. The molecule has 18 rings (SSSR count). The number of hydrogen-bond acceptors (Lipinski definition) is 8. The van der Waals surface area contributed by atoms with Crippen molar-refractivity contribution in [3.05, 3.63) is 180 Å². The summed E-state index contributed by atoms with van der Waals surface area (Å²) in [6.07, 6.45) is 28.5. The molecule has 0 bridgehead atoms. The normalized spacial score (nSPS) is 13.1. The molecule has 0 aliphatic carbocycles. The predicted molar refractivity (Wildman–Crippen MR) is 485 cm³/mol. The molecular weight excluding hydrogens is 1410 g/mol. The predicted octanol–water partition coefficient (Wildman–Crippen LogP) is 25.7. The number of pyridine rings is 4. The fourth-order valence-electron chi connectivity index (χ4n) is 22.2. The first-order valence-electron chi connectivity index (χ1n) is 44.4. The molecule has 0 aliphatic rings. The third kappa shape index (κ3) is 11.3. The highest BCUT2D eigenvalue weighted by Crippen LogP contribution is 2.56. The topological polar surface area (TPSA) is 156 Å². The molecule has 0 radical (unpaired) electrons. The standard InChI is InChI=1S/C102H108N4O8/c1-9-17-25-33-58(34-26-18-10-2)103-95(107)68-49-45-62-64-47-51-70-85-78(101(113)105(97(70)109)60(37-29-21-13-5)38-30-22-14-6)55-74-81-66(72-53-76(99(103)111)83(68)87(62)91(72)93(74)89(64)85)43-41-57-42-44-67-73-54-77-84-69(96(108)104(100(77)112)59(35-27-19-11-3)36-28-20-12-4)50-46-63-65-48-52-71-86-79(56-75(82(67)80(57)81)94(90(65)86)92(73)88(63)84)102(114)106(98(71)110)61(39-31-23-15-7)40-32-24-16-8/h41-56,58-61H,9-40H2,1-8H3. The minimum atomic E-state index is -0.331. The largest absolute Gasteiger partial charge is 0.271 e. The van der Waals surface area contributed by atoms with Gasteiger partial charge in [0.25, 0.3) is 44.5 Å². The van der Waals surface area contributed by atoms with E-state index in [1.54, 1.807) is 18.3 Å². The molecule has 0 saturated carbocycles. The van der Waals surface area contributed by atoms with Crippen LogP contribution in [-0.4, -0.2) is 18.3 Å². The van der Waals surface area contributed by atoms with Gasteiger partial charge in [-0.3, -0.25) is 56.6 Å². The average molecular weight is 1520 g/mol. The molecule has 0 amide bonds. The summed E-state index contributed by atoms with van der Waals surface area (Å²) in [7, 11) is 0. The highest BCUT2D eigenvalue weighted by molar-refractivity contribution is 6.54. The zero-order chi connectivity index (χ0) is 78.8. The summed E-state index contributed by atoms with van der Waals surface area (Å²) in [6.45, 7) is 17.5. The van der Waals surface area contributed by atoms with Crippen molar-refractivity contribution in [3.8, 4) is 0 Å². The van der Waals surface area contributed by atoms with Gasteiger partial charge in [0.15, 0.2) is 0 Å². The van der Waals surface area contributed by atoms with E-state index in [4.69, 9.17) is 0 Å². The Hall–Kier alpha value is -9.94. The lowest BCUT2D eigenvalue weighted by Gasteiger charge is -2.26. The Morgan fingerprint density at radius 2 is 0.342 bits per heavy atom. The maximum atomic E-state index is 16.6. The van der Waals surface area contributed by atoms with E-state index in [0.717, 1.165) is 273 Å². The number of aromatic nitrogens is 4. The zero-order valence-electron chi connectivity index (χ0n) is 68.2. The molecule has 14 aromatic carbocycles. The fraction of sp³-hybridized carbons (Fsp3) is 0.431. The fourth-order valence-corrected chi connectivity index (χ4v) is 22.2. The van der Waals surface area contributed by atoms with Gasteiger partial charge in [-0.05, 0) is 218 Å². The summed E-state index contributed by atoms with van der Waals surface area (Å²) < 4.78 is 6.45. The summed E-state index contributed by atoms with van der Waals surface area (Å²) in [6, 6.07) is 31.7. The molecule has 0 N–H and O–H groups in total. The molecule has 584 valence electrons. The van der Waals surface area contributed by atoms with Crippen molar-refractivity contribution in [1.29, 1.82) is 0 Å². The zero-order valence-corrected chi connectivity index (χ0v) is 68.2. The number of benzene rings is 14. The molecule has 0 unspecified atom stereocenters. The second-order valence-corrected chi connectivity index (χ2v) is 34.6. The van der Waals surface area contributed by atoms with Crippen molar-refractivity contribution in [2.24, 2.45) is 0 Å². The van der Waals surface area contributed by atoms with Gasteiger partial charge in [0, 0.05) is 88.8 Å². The van der Waals surface area contributed by atoms with Crippen molar-refractivity contribution in [3.63, 3.8) is 0 Å². The van der Waals surface area contributed by atoms with E-state index in [9.17, 15) is 0 Å². The molecule has 4 aromatic heterocycles. The number of unbranched alkanes of at least 4 members (excludes halogenated alkanes) is 16. The molecular formula is C102H108N4O8. The van der Waals surface area contributed by atoms with Gasteiger partial charge in [0.2, 0.25) is 0 Å². The van der Waals surface area contributed by atoms with Gasteiger partial charge in [0.1, 0.15) is 0 Å². The van der Waals surface area contributed by atoms with Crippen LogP contribution in [-0.2, 0) is 0 Å². The lowest BCUT2D eigenvalue weighted by atomic mass is 9.78. The minimum Gasteiger partial charge on any atom is -0.271 e. The Labute approximate surface area is 662 Å². The first kappa shape index (κ1) is 75.4. The van der Waals surface area contributed by atoms with E-state index in [-0.39, 0.29) is 68.6 Å². The van der Waals surface area contributed by atoms with Crippen LogP contribution in [0.15, 0.2) is 135 Å². The van der Waals surface area contributed by atoms with Crippen LogP contribution in [0.2, 0.25) is 0 Å². The Kier molecular flexibility index (Phi) is 20.1. The minimum absolute atomic E-state index is 0.278. The third-order valence-electron chi connectivity index (χ3n) is 27.7. The van der Waals surface area contributed by atoms with Crippen LogP contribution in [0.25, 0.3) is 183 Å². The maximum absolute atomic E-state index is 16.6. The van der Waals surface area contributed by atoms with Gasteiger partial charge < -0.3 is 0 Å². The van der Waals surface area contributed by atoms with Crippen LogP contribution in [0, 0.1) is 0 Å². The molecule has 18 aromatic rings. The van der Waals surface area contributed by atoms with Crippen molar-refractivity contribution in [1.82, 2.24) is 18.3 Å². The molecule has 12 nitrogen and oxygen atoms in total. The van der Waals surface area contributed by atoms with Gasteiger partial charge in [-0.15, -0.1) is 0 Å². The molecule has 0 spiro atoms. The van der Waals surface area contributed by atoms with Crippen molar-refractivity contribution < 1.29 is 0 Å². The Morgan fingerprint density at radius 3 is 0.570 bits per heavy atom. The quantitative estimate of drug-likeness (QED) is 0.0213. The molecule has 0 atom stereocenters. The van der Waals surface area contributed by atoms with Crippen LogP contribution < -0.4 is 44.5 Å². The smallest absolute Gasteiger partial charge is 0.261 e. The van der Waals surface area contributed by atoms with Gasteiger partial charge >= 0.3 is 0 Å². The van der Waals surface area contributed by atoms with E-state index in [1.807, 2.05) is 24.3 Å². The van der Waals surface area contributed by atoms with E-state index in [0.29, 0.717) is 116 Å². The molecule has 114 heavy (non-hydrogen) atoms. The summed E-state index contributed by atoms with van der Waals surface area (Å²) in [5, 5.41) is 24.3. The highest BCUT2D eigenvalue weighted by atomic mass is 16.2. The van der Waals surface area contributed by atoms with Crippen LogP contribution in [0.3, 0.4) is 0 Å². The second-order valence-electron chi connectivity index (χ2n) is 34.6. The number of nitrogens with zero attached hydrogens (tertiary/aromatic N) is 4. The van der Waals surface area contributed by atoms with Crippen LogP contribution in [0.5, 0.6) is 0 Å². The summed E-state index contributed by atoms with van der Waals surface area (Å²) in [5.41, 5.74) is -2.38. The van der Waals surface area contributed by atoms with Crippen molar-refractivity contribution in [2.45, 2.75) is 285 Å². The number of fused-ring (bicyclic) bond motifs is 11. The van der Waals surface area contributed by atoms with Crippen LogP contribution >= 0.6 is 0 Å². The average Bonchev–Trinajstić information content (AvgIpc) is 0.663. The molecule has 12 heteroatoms. The van der Waals surface area contributed by atoms with Crippen LogP contribution in [0.4, 0.5) is 0 Å².